The number of hydrogen-bond donors (Lipinski definition) is 1. The highest BCUT2D eigenvalue weighted by Crippen LogP contribution is 2.29. The topological polar surface area (TPSA) is 71.0 Å². The van der Waals surface area contributed by atoms with E-state index in [2.05, 4.69) is 0 Å². The van der Waals surface area contributed by atoms with E-state index in [1.54, 1.807) is 37.5 Å². The van der Waals surface area contributed by atoms with Crippen molar-refractivity contribution in [3.05, 3.63) is 53.8 Å². The highest BCUT2D eigenvalue weighted by Gasteiger charge is 2.06. The predicted molar refractivity (Wildman–Crippen MR) is 81.1 cm³/mol. The van der Waals surface area contributed by atoms with Crippen LogP contribution in [-0.4, -0.2) is 25.9 Å². The maximum absolute atomic E-state index is 11.5. The van der Waals surface area contributed by atoms with Crippen LogP contribution < -0.4 is 19.3 Å². The van der Waals surface area contributed by atoms with Gasteiger partial charge in [-0.1, -0.05) is 30.0 Å². The predicted octanol–water partition coefficient (Wildman–Crippen LogP) is 2.19. The summed E-state index contributed by atoms with van der Waals surface area (Å²) in [6.07, 6.45) is 1.63. The van der Waals surface area contributed by atoms with Gasteiger partial charge in [-0.2, -0.15) is 0 Å². The van der Waals surface area contributed by atoms with E-state index < -0.39 is 0 Å². The van der Waals surface area contributed by atoms with Crippen molar-refractivity contribution in [1.82, 2.24) is 0 Å². The third-order valence-electron chi connectivity index (χ3n) is 2.98. The Balaban J connectivity index is 2.27. The summed E-state index contributed by atoms with van der Waals surface area (Å²) in [4.78, 5) is 0. The van der Waals surface area contributed by atoms with Crippen molar-refractivity contribution in [2.24, 2.45) is 0 Å². The Hall–Kier alpha value is -2.66. The molecule has 0 bridgehead atoms. The van der Waals surface area contributed by atoms with E-state index in [1.165, 1.54) is 13.2 Å². The Labute approximate surface area is 129 Å². The normalized spacial score (nSPS) is 11.1. The van der Waals surface area contributed by atoms with Gasteiger partial charge in [0.25, 0.3) is 0 Å². The number of aliphatic hydroxyl groups excluding tert-OH is 1. The number of hydrogen-bond acceptors (Lipinski definition) is 5. The van der Waals surface area contributed by atoms with Gasteiger partial charge in [0.05, 0.1) is 14.2 Å². The smallest absolute Gasteiger partial charge is 0.168 e. The van der Waals surface area contributed by atoms with Crippen LogP contribution in [0.1, 0.15) is 5.56 Å². The fourth-order valence-electron chi connectivity index (χ4n) is 1.91. The molecule has 0 amide bonds. The lowest BCUT2D eigenvalue weighted by atomic mass is 10.2. The van der Waals surface area contributed by atoms with Gasteiger partial charge in [0.15, 0.2) is 11.5 Å². The van der Waals surface area contributed by atoms with E-state index in [9.17, 15) is 10.2 Å². The van der Waals surface area contributed by atoms with Crippen LogP contribution in [0, 0.1) is 0 Å². The number of aliphatic hydroxyl groups is 1. The van der Waals surface area contributed by atoms with E-state index in [-0.39, 0.29) is 18.1 Å². The van der Waals surface area contributed by atoms with Gasteiger partial charge in [0, 0.05) is 0 Å². The first-order valence-electron chi connectivity index (χ1n) is 6.65. The molecule has 1 N–H and O–H groups in total. The summed E-state index contributed by atoms with van der Waals surface area (Å²) < 4.78 is 15.8. The fourth-order valence-corrected chi connectivity index (χ4v) is 1.91. The van der Waals surface area contributed by atoms with Gasteiger partial charge in [0.1, 0.15) is 18.1 Å². The quantitative estimate of drug-likeness (QED) is 0.828. The average molecular weight is 301 g/mol. The summed E-state index contributed by atoms with van der Waals surface area (Å²) in [5.41, 5.74) is 0.690. The largest absolute Gasteiger partial charge is 0.870 e. The second-order valence-corrected chi connectivity index (χ2v) is 4.43. The second kappa shape index (κ2) is 7.38. The van der Waals surface area contributed by atoms with Crippen molar-refractivity contribution >= 4 is 6.08 Å². The molecule has 5 nitrogen and oxygen atoms in total. The Morgan fingerprint density at radius 3 is 2.36 bits per heavy atom. The molecule has 0 fully saturated rings. The van der Waals surface area contributed by atoms with Gasteiger partial charge < -0.3 is 24.4 Å². The zero-order chi connectivity index (χ0) is 15.9. The highest BCUT2D eigenvalue weighted by molar-refractivity contribution is 5.57. The Morgan fingerprint density at radius 1 is 1.05 bits per heavy atom. The molecule has 5 heteroatoms. The number of benzene rings is 2. The van der Waals surface area contributed by atoms with Gasteiger partial charge in [-0.25, -0.2) is 0 Å². The third kappa shape index (κ3) is 3.71. The van der Waals surface area contributed by atoms with E-state index in [4.69, 9.17) is 14.2 Å². The Morgan fingerprint density at radius 2 is 1.73 bits per heavy atom. The van der Waals surface area contributed by atoms with Crippen LogP contribution >= 0.6 is 0 Å². The van der Waals surface area contributed by atoms with E-state index in [1.807, 2.05) is 12.1 Å². The molecule has 0 atom stereocenters. The van der Waals surface area contributed by atoms with Gasteiger partial charge in [-0.05, 0) is 29.8 Å². The molecule has 0 unspecified atom stereocenters. The lowest BCUT2D eigenvalue weighted by Gasteiger charge is -2.14. The third-order valence-corrected chi connectivity index (χ3v) is 2.98. The first-order valence-corrected chi connectivity index (χ1v) is 6.65. The molecule has 2 aromatic carbocycles. The van der Waals surface area contributed by atoms with Crippen LogP contribution in [0.2, 0.25) is 0 Å². The second-order valence-electron chi connectivity index (χ2n) is 4.43. The molecule has 22 heavy (non-hydrogen) atoms. The van der Waals surface area contributed by atoms with Crippen molar-refractivity contribution in [2.45, 2.75) is 0 Å². The molecule has 0 aliphatic carbocycles. The van der Waals surface area contributed by atoms with Crippen molar-refractivity contribution in [3.63, 3.8) is 0 Å². The monoisotopic (exact) mass is 301 g/mol. The van der Waals surface area contributed by atoms with E-state index in [0.29, 0.717) is 22.8 Å². The highest BCUT2D eigenvalue weighted by atomic mass is 16.5. The lowest BCUT2D eigenvalue weighted by molar-refractivity contribution is -0.270. The van der Waals surface area contributed by atoms with Crippen LogP contribution in [0.25, 0.3) is 6.08 Å². The average Bonchev–Trinajstić information content (AvgIpc) is 2.56. The van der Waals surface area contributed by atoms with Crippen molar-refractivity contribution in [2.75, 3.05) is 20.8 Å². The zero-order valence-corrected chi connectivity index (χ0v) is 12.4. The van der Waals surface area contributed by atoms with Gasteiger partial charge in [-0.15, -0.1) is 0 Å². The van der Waals surface area contributed by atoms with Gasteiger partial charge in [0.2, 0.25) is 0 Å². The standard InChI is InChI=1S/C17H18O5/c1-20-15-5-3-4-6-16(15)22-13(11-18)9-12-7-8-14(19)17(10-12)21-2/h3-10,18-19H,11H2,1-2H3/p-1/b13-9-. The summed E-state index contributed by atoms with van der Waals surface area (Å²) in [5.74, 6) is 1.43. The molecule has 2 aromatic rings. The zero-order valence-electron chi connectivity index (χ0n) is 12.4. The summed E-state index contributed by atoms with van der Waals surface area (Å²) >= 11 is 0. The van der Waals surface area contributed by atoms with Gasteiger partial charge >= 0.3 is 0 Å². The molecule has 0 spiro atoms. The van der Waals surface area contributed by atoms with Crippen molar-refractivity contribution < 1.29 is 24.4 Å². The number of rotatable bonds is 6. The molecule has 2 rings (SSSR count). The van der Waals surface area contributed by atoms with Crippen LogP contribution in [0.15, 0.2) is 48.2 Å². The summed E-state index contributed by atoms with van der Waals surface area (Å²) in [6, 6.07) is 11.8. The SMILES string of the molecule is COc1cc(/C=C(/CO)Oc2ccccc2OC)ccc1[O-]. The molecular weight excluding hydrogens is 284 g/mol. The van der Waals surface area contributed by atoms with E-state index in [0.717, 1.165) is 0 Å². The fraction of sp³-hybridized carbons (Fsp3) is 0.176. The van der Waals surface area contributed by atoms with Crippen molar-refractivity contribution in [3.8, 4) is 23.0 Å². The summed E-state index contributed by atoms with van der Waals surface area (Å²) in [5, 5.41) is 21.0. The molecule has 116 valence electrons. The van der Waals surface area contributed by atoms with Crippen LogP contribution in [0.4, 0.5) is 0 Å². The lowest BCUT2D eigenvalue weighted by Crippen LogP contribution is -2.02. The molecule has 0 saturated heterocycles. The summed E-state index contributed by atoms with van der Waals surface area (Å²) in [7, 11) is 2.98. The first kappa shape index (κ1) is 15.7. The molecule has 0 saturated carbocycles. The first-order chi connectivity index (χ1) is 10.7. The summed E-state index contributed by atoms with van der Waals surface area (Å²) in [6.45, 7) is -0.292. The minimum absolute atomic E-state index is 0.198. The van der Waals surface area contributed by atoms with E-state index >= 15 is 0 Å². The van der Waals surface area contributed by atoms with Gasteiger partial charge in [-0.3, -0.25) is 0 Å². The minimum atomic E-state index is -0.292. The molecular formula is C17H17O5-. The Kier molecular flexibility index (Phi) is 5.27. The minimum Gasteiger partial charge on any atom is -0.870 e. The maximum atomic E-state index is 11.5. The molecule has 0 heterocycles. The van der Waals surface area contributed by atoms with Crippen LogP contribution in [0.5, 0.6) is 23.0 Å². The van der Waals surface area contributed by atoms with Crippen LogP contribution in [0.3, 0.4) is 0 Å². The Bertz CT molecular complexity index is 664. The van der Waals surface area contributed by atoms with Crippen molar-refractivity contribution in [1.29, 1.82) is 0 Å². The molecule has 0 radical (unpaired) electrons. The maximum Gasteiger partial charge on any atom is 0.168 e. The molecule has 0 aliphatic heterocycles. The number of para-hydroxylation sites is 2. The number of ether oxygens (including phenoxy) is 3. The molecule has 0 aromatic heterocycles. The number of methoxy groups -OCH3 is 2. The van der Waals surface area contributed by atoms with Crippen LogP contribution in [-0.2, 0) is 0 Å². The molecule has 0 aliphatic rings.